The van der Waals surface area contributed by atoms with Crippen molar-refractivity contribution in [2.45, 2.75) is 20.4 Å². The minimum atomic E-state index is -0.256. The van der Waals surface area contributed by atoms with E-state index in [9.17, 15) is 4.39 Å². The number of rotatable bonds is 5. The lowest BCUT2D eigenvalue weighted by molar-refractivity contribution is 0.411. The van der Waals surface area contributed by atoms with Crippen molar-refractivity contribution in [2.24, 2.45) is 0 Å². The van der Waals surface area contributed by atoms with Crippen LogP contribution in [0.5, 0.6) is 5.75 Å². The largest absolute Gasteiger partial charge is 0.497 e. The van der Waals surface area contributed by atoms with Crippen molar-refractivity contribution >= 4 is 0 Å². The molecule has 0 heterocycles. The van der Waals surface area contributed by atoms with E-state index in [1.807, 2.05) is 19.1 Å². The van der Waals surface area contributed by atoms with Crippen LogP contribution in [0, 0.1) is 12.7 Å². The lowest BCUT2D eigenvalue weighted by Crippen LogP contribution is -2.11. The fourth-order valence-electron chi connectivity index (χ4n) is 2.18. The summed E-state index contributed by atoms with van der Waals surface area (Å²) in [4.78, 5) is 0. The maximum Gasteiger partial charge on any atom is 0.134 e. The molecule has 0 saturated heterocycles. The Bertz CT molecular complexity index is 596. The second-order valence-corrected chi connectivity index (χ2v) is 4.78. The van der Waals surface area contributed by atoms with Gasteiger partial charge in [-0.15, -0.1) is 0 Å². The van der Waals surface area contributed by atoms with Gasteiger partial charge in [-0.3, -0.25) is 0 Å². The molecule has 0 aliphatic heterocycles. The van der Waals surface area contributed by atoms with Gasteiger partial charge in [-0.25, -0.2) is 4.39 Å². The van der Waals surface area contributed by atoms with Crippen molar-refractivity contribution in [1.82, 2.24) is 5.32 Å². The van der Waals surface area contributed by atoms with E-state index in [2.05, 4.69) is 18.3 Å². The van der Waals surface area contributed by atoms with Crippen LogP contribution in [0.2, 0.25) is 0 Å². The van der Waals surface area contributed by atoms with Crippen molar-refractivity contribution in [3.05, 3.63) is 53.3 Å². The number of halogens is 1. The zero-order valence-corrected chi connectivity index (χ0v) is 12.2. The summed E-state index contributed by atoms with van der Waals surface area (Å²) in [5.74, 6) is 0.278. The Kier molecular flexibility index (Phi) is 4.74. The van der Waals surface area contributed by atoms with E-state index in [4.69, 9.17) is 4.74 Å². The second kappa shape index (κ2) is 6.53. The molecule has 0 saturated carbocycles. The number of hydrogen-bond donors (Lipinski definition) is 1. The molecule has 3 heteroatoms. The topological polar surface area (TPSA) is 21.3 Å². The second-order valence-electron chi connectivity index (χ2n) is 4.78. The predicted molar refractivity (Wildman–Crippen MR) is 80.5 cm³/mol. The Hall–Kier alpha value is -1.87. The highest BCUT2D eigenvalue weighted by Crippen LogP contribution is 2.29. The van der Waals surface area contributed by atoms with Crippen LogP contribution in [-0.4, -0.2) is 13.7 Å². The van der Waals surface area contributed by atoms with Crippen LogP contribution in [0.3, 0.4) is 0 Å². The van der Waals surface area contributed by atoms with E-state index in [1.54, 1.807) is 12.1 Å². The molecule has 2 rings (SSSR count). The third-order valence-corrected chi connectivity index (χ3v) is 3.35. The summed E-state index contributed by atoms with van der Waals surface area (Å²) in [5, 5.41) is 3.28. The monoisotopic (exact) mass is 273 g/mol. The maximum atomic E-state index is 14.2. The third-order valence-electron chi connectivity index (χ3n) is 3.35. The SMILES string of the molecule is CCNCc1ccc(C)c(-c2ccc(OC)cc2F)c1. The molecule has 0 aromatic heterocycles. The Labute approximate surface area is 119 Å². The van der Waals surface area contributed by atoms with E-state index in [-0.39, 0.29) is 5.82 Å². The van der Waals surface area contributed by atoms with Gasteiger partial charge in [0.1, 0.15) is 11.6 Å². The number of nitrogens with one attached hydrogen (secondary N) is 1. The highest BCUT2D eigenvalue weighted by molar-refractivity contribution is 5.69. The van der Waals surface area contributed by atoms with Crippen molar-refractivity contribution < 1.29 is 9.13 Å². The van der Waals surface area contributed by atoms with Crippen LogP contribution in [0.15, 0.2) is 36.4 Å². The van der Waals surface area contributed by atoms with Gasteiger partial charge >= 0.3 is 0 Å². The number of aryl methyl sites for hydroxylation is 1. The summed E-state index contributed by atoms with van der Waals surface area (Å²) in [6, 6.07) is 11.1. The molecule has 2 nitrogen and oxygen atoms in total. The van der Waals surface area contributed by atoms with E-state index >= 15 is 0 Å². The Morgan fingerprint density at radius 3 is 2.55 bits per heavy atom. The molecule has 1 N–H and O–H groups in total. The number of hydrogen-bond acceptors (Lipinski definition) is 2. The third kappa shape index (κ3) is 3.17. The van der Waals surface area contributed by atoms with Crippen molar-refractivity contribution in [3.63, 3.8) is 0 Å². The molecule has 0 fully saturated rings. The number of ether oxygens (including phenoxy) is 1. The average Bonchev–Trinajstić information content (AvgIpc) is 2.46. The molecule has 0 bridgehead atoms. The van der Waals surface area contributed by atoms with Crippen LogP contribution < -0.4 is 10.1 Å². The zero-order valence-electron chi connectivity index (χ0n) is 12.2. The van der Waals surface area contributed by atoms with Gasteiger partial charge in [0.05, 0.1) is 7.11 Å². The minimum Gasteiger partial charge on any atom is -0.497 e. The highest BCUT2D eigenvalue weighted by Gasteiger charge is 2.10. The first-order valence-corrected chi connectivity index (χ1v) is 6.80. The fourth-order valence-corrected chi connectivity index (χ4v) is 2.18. The van der Waals surface area contributed by atoms with Gasteiger partial charge in [-0.05, 0) is 48.4 Å². The summed E-state index contributed by atoms with van der Waals surface area (Å²) in [7, 11) is 1.54. The van der Waals surface area contributed by atoms with Crippen molar-refractivity contribution in [2.75, 3.05) is 13.7 Å². The first-order valence-electron chi connectivity index (χ1n) is 6.80. The molecule has 0 unspecified atom stereocenters. The lowest BCUT2D eigenvalue weighted by Gasteiger charge is -2.11. The van der Waals surface area contributed by atoms with Gasteiger partial charge in [0.15, 0.2) is 0 Å². The first kappa shape index (κ1) is 14.5. The van der Waals surface area contributed by atoms with Gasteiger partial charge < -0.3 is 10.1 Å². The summed E-state index contributed by atoms with van der Waals surface area (Å²) in [6.45, 7) is 5.77. The van der Waals surface area contributed by atoms with E-state index < -0.39 is 0 Å². The minimum absolute atomic E-state index is 0.256. The van der Waals surface area contributed by atoms with Crippen LogP contribution in [0.4, 0.5) is 4.39 Å². The number of methoxy groups -OCH3 is 1. The molecule has 0 aliphatic carbocycles. The molecule has 0 atom stereocenters. The quantitative estimate of drug-likeness (QED) is 0.891. The van der Waals surface area contributed by atoms with Gasteiger partial charge in [0, 0.05) is 18.2 Å². The summed E-state index contributed by atoms with van der Waals surface area (Å²) >= 11 is 0. The molecule has 106 valence electrons. The molecular weight excluding hydrogens is 253 g/mol. The van der Waals surface area contributed by atoms with Gasteiger partial charge in [-0.1, -0.05) is 19.1 Å². The smallest absolute Gasteiger partial charge is 0.134 e. The van der Waals surface area contributed by atoms with Gasteiger partial charge in [-0.2, -0.15) is 0 Å². The van der Waals surface area contributed by atoms with Crippen LogP contribution >= 0.6 is 0 Å². The van der Waals surface area contributed by atoms with Crippen LogP contribution in [-0.2, 0) is 6.54 Å². The fraction of sp³-hybridized carbons (Fsp3) is 0.294. The molecular formula is C17H20FNO. The molecule has 2 aromatic carbocycles. The lowest BCUT2D eigenvalue weighted by atomic mass is 9.97. The Morgan fingerprint density at radius 2 is 1.90 bits per heavy atom. The van der Waals surface area contributed by atoms with E-state index in [0.717, 1.165) is 29.8 Å². The zero-order chi connectivity index (χ0) is 14.5. The molecule has 20 heavy (non-hydrogen) atoms. The maximum absolute atomic E-state index is 14.2. The standard InChI is InChI=1S/C17H20FNO/c1-4-19-11-13-6-5-12(2)16(9-13)15-8-7-14(20-3)10-17(15)18/h5-10,19H,4,11H2,1-3H3. The summed E-state index contributed by atoms with van der Waals surface area (Å²) in [6.07, 6.45) is 0. The highest BCUT2D eigenvalue weighted by atomic mass is 19.1. The molecule has 0 aliphatic rings. The molecule has 0 amide bonds. The predicted octanol–water partition coefficient (Wildman–Crippen LogP) is 3.92. The molecule has 0 spiro atoms. The summed E-state index contributed by atoms with van der Waals surface area (Å²) < 4.78 is 19.2. The Morgan fingerprint density at radius 1 is 1.10 bits per heavy atom. The molecule has 2 aromatic rings. The van der Waals surface area contributed by atoms with Crippen LogP contribution in [0.25, 0.3) is 11.1 Å². The van der Waals surface area contributed by atoms with Gasteiger partial charge in [0.2, 0.25) is 0 Å². The van der Waals surface area contributed by atoms with Crippen LogP contribution in [0.1, 0.15) is 18.1 Å². The number of benzene rings is 2. The van der Waals surface area contributed by atoms with Crippen molar-refractivity contribution in [3.8, 4) is 16.9 Å². The average molecular weight is 273 g/mol. The Balaban J connectivity index is 2.40. The van der Waals surface area contributed by atoms with E-state index in [1.165, 1.54) is 13.2 Å². The summed E-state index contributed by atoms with van der Waals surface area (Å²) in [5.41, 5.74) is 3.76. The first-order chi connectivity index (χ1) is 9.65. The van der Waals surface area contributed by atoms with E-state index in [0.29, 0.717) is 11.3 Å². The normalized spacial score (nSPS) is 10.6. The molecule has 0 radical (unpaired) electrons. The van der Waals surface area contributed by atoms with Crippen molar-refractivity contribution in [1.29, 1.82) is 0 Å². The van der Waals surface area contributed by atoms with Gasteiger partial charge in [0.25, 0.3) is 0 Å².